The van der Waals surface area contributed by atoms with Gasteiger partial charge in [0.05, 0.1) is 6.10 Å². The molecule has 0 atom stereocenters. The quantitative estimate of drug-likeness (QED) is 0.580. The summed E-state index contributed by atoms with van der Waals surface area (Å²) >= 11 is 0. The number of rotatable bonds is 8. The first kappa shape index (κ1) is 12.0. The first-order valence-corrected chi connectivity index (χ1v) is 5.91. The Bertz CT molecular complexity index is 135. The first-order chi connectivity index (χ1) is 6.86. The Hall–Kier alpha value is -0.120. The van der Waals surface area contributed by atoms with Crippen LogP contribution in [0, 0.1) is 0 Å². The standard InChI is InChI=1S/C11H24N2O/c1-2-14-11-8-10(9-11)13-7-5-3-4-6-12/h10-11,13H,2-9,12H2,1H3. The van der Waals surface area contributed by atoms with Crippen LogP contribution in [-0.2, 0) is 4.74 Å². The van der Waals surface area contributed by atoms with Gasteiger partial charge in [0.1, 0.15) is 0 Å². The molecule has 3 heteroatoms. The highest BCUT2D eigenvalue weighted by atomic mass is 16.5. The lowest BCUT2D eigenvalue weighted by Gasteiger charge is -2.35. The van der Waals surface area contributed by atoms with Gasteiger partial charge >= 0.3 is 0 Å². The second kappa shape index (κ2) is 7.21. The second-order valence-electron chi connectivity index (χ2n) is 4.05. The molecule has 1 aliphatic rings. The third-order valence-electron chi connectivity index (χ3n) is 2.81. The van der Waals surface area contributed by atoms with Crippen LogP contribution in [0.4, 0.5) is 0 Å². The molecule has 1 rings (SSSR count). The van der Waals surface area contributed by atoms with E-state index in [2.05, 4.69) is 12.2 Å². The van der Waals surface area contributed by atoms with Crippen molar-refractivity contribution < 1.29 is 4.74 Å². The molecule has 1 aliphatic carbocycles. The topological polar surface area (TPSA) is 47.3 Å². The molecule has 0 amide bonds. The fourth-order valence-electron chi connectivity index (χ4n) is 1.86. The molecule has 0 aromatic heterocycles. The number of hydrogen-bond acceptors (Lipinski definition) is 3. The van der Waals surface area contributed by atoms with Gasteiger partial charge in [-0.05, 0) is 45.7 Å². The molecule has 0 aromatic rings. The zero-order valence-corrected chi connectivity index (χ0v) is 9.30. The van der Waals surface area contributed by atoms with Crippen LogP contribution in [0.25, 0.3) is 0 Å². The van der Waals surface area contributed by atoms with Crippen LogP contribution in [0.5, 0.6) is 0 Å². The molecule has 3 N–H and O–H groups in total. The van der Waals surface area contributed by atoms with Crippen molar-refractivity contribution in [3.05, 3.63) is 0 Å². The van der Waals surface area contributed by atoms with Gasteiger partial charge in [0, 0.05) is 12.6 Å². The summed E-state index contributed by atoms with van der Waals surface area (Å²) in [6, 6.07) is 0.712. The molecule has 0 spiro atoms. The number of nitrogens with one attached hydrogen (secondary N) is 1. The summed E-state index contributed by atoms with van der Waals surface area (Å²) < 4.78 is 5.50. The summed E-state index contributed by atoms with van der Waals surface area (Å²) in [5.74, 6) is 0. The van der Waals surface area contributed by atoms with Gasteiger partial charge in [-0.1, -0.05) is 6.42 Å². The lowest BCUT2D eigenvalue weighted by Crippen LogP contribution is -2.45. The maximum Gasteiger partial charge on any atom is 0.0604 e. The van der Waals surface area contributed by atoms with Crippen molar-refractivity contribution in [1.29, 1.82) is 0 Å². The average molecular weight is 200 g/mol. The van der Waals surface area contributed by atoms with Gasteiger partial charge in [-0.2, -0.15) is 0 Å². The molecule has 1 saturated carbocycles. The van der Waals surface area contributed by atoms with E-state index in [4.69, 9.17) is 10.5 Å². The lowest BCUT2D eigenvalue weighted by molar-refractivity contribution is -0.00975. The first-order valence-electron chi connectivity index (χ1n) is 5.91. The van der Waals surface area contributed by atoms with Crippen LogP contribution in [0.15, 0.2) is 0 Å². The van der Waals surface area contributed by atoms with Crippen LogP contribution in [-0.4, -0.2) is 31.8 Å². The van der Waals surface area contributed by atoms with E-state index < -0.39 is 0 Å². The highest BCUT2D eigenvalue weighted by molar-refractivity contribution is 4.85. The number of hydrogen-bond donors (Lipinski definition) is 2. The van der Waals surface area contributed by atoms with E-state index in [1.807, 2.05) is 0 Å². The molecule has 14 heavy (non-hydrogen) atoms. The van der Waals surface area contributed by atoms with E-state index in [0.29, 0.717) is 12.1 Å². The van der Waals surface area contributed by atoms with Crippen LogP contribution in [0.3, 0.4) is 0 Å². The highest BCUT2D eigenvalue weighted by Crippen LogP contribution is 2.22. The molecule has 0 heterocycles. The van der Waals surface area contributed by atoms with Crippen molar-refractivity contribution >= 4 is 0 Å². The molecule has 0 unspecified atom stereocenters. The summed E-state index contributed by atoms with van der Waals surface area (Å²) in [5.41, 5.74) is 5.42. The molecule has 0 aliphatic heterocycles. The number of nitrogens with two attached hydrogens (primary N) is 1. The smallest absolute Gasteiger partial charge is 0.0604 e. The van der Waals surface area contributed by atoms with Gasteiger partial charge in [-0.15, -0.1) is 0 Å². The second-order valence-corrected chi connectivity index (χ2v) is 4.05. The molecule has 0 bridgehead atoms. The van der Waals surface area contributed by atoms with Gasteiger partial charge in [0.2, 0.25) is 0 Å². The van der Waals surface area contributed by atoms with Crippen molar-refractivity contribution in [1.82, 2.24) is 5.32 Å². The van der Waals surface area contributed by atoms with Crippen molar-refractivity contribution in [2.75, 3.05) is 19.7 Å². The molecular formula is C11H24N2O. The zero-order chi connectivity index (χ0) is 10.2. The van der Waals surface area contributed by atoms with Crippen molar-refractivity contribution in [3.63, 3.8) is 0 Å². The monoisotopic (exact) mass is 200 g/mol. The van der Waals surface area contributed by atoms with Gasteiger partial charge in [0.15, 0.2) is 0 Å². The SMILES string of the molecule is CCOC1CC(NCCCCCN)C1. The maximum atomic E-state index is 5.50. The van der Waals surface area contributed by atoms with Crippen molar-refractivity contribution in [2.24, 2.45) is 5.73 Å². The van der Waals surface area contributed by atoms with Gasteiger partial charge in [-0.3, -0.25) is 0 Å². The minimum Gasteiger partial charge on any atom is -0.378 e. The largest absolute Gasteiger partial charge is 0.378 e. The Morgan fingerprint density at radius 3 is 2.71 bits per heavy atom. The summed E-state index contributed by atoms with van der Waals surface area (Å²) in [5, 5.41) is 3.55. The lowest BCUT2D eigenvalue weighted by atomic mass is 9.89. The van der Waals surface area contributed by atoms with E-state index in [1.54, 1.807) is 0 Å². The van der Waals surface area contributed by atoms with Gasteiger partial charge < -0.3 is 15.8 Å². The molecule has 0 radical (unpaired) electrons. The maximum absolute atomic E-state index is 5.50. The minimum absolute atomic E-state index is 0.529. The average Bonchev–Trinajstić information content (AvgIpc) is 2.13. The predicted molar refractivity (Wildman–Crippen MR) is 59.3 cm³/mol. The van der Waals surface area contributed by atoms with Crippen LogP contribution < -0.4 is 11.1 Å². The third-order valence-corrected chi connectivity index (χ3v) is 2.81. The van der Waals surface area contributed by atoms with Crippen molar-refractivity contribution in [3.8, 4) is 0 Å². The molecule has 84 valence electrons. The summed E-state index contributed by atoms with van der Waals surface area (Å²) in [4.78, 5) is 0. The van der Waals surface area contributed by atoms with E-state index in [1.165, 1.54) is 25.7 Å². The summed E-state index contributed by atoms with van der Waals surface area (Å²) in [6.45, 7) is 4.89. The minimum atomic E-state index is 0.529. The molecule has 0 aromatic carbocycles. The molecule has 3 nitrogen and oxygen atoms in total. The summed E-state index contributed by atoms with van der Waals surface area (Å²) in [7, 11) is 0. The van der Waals surface area contributed by atoms with Gasteiger partial charge in [0.25, 0.3) is 0 Å². The molecular weight excluding hydrogens is 176 g/mol. The Balaban J connectivity index is 1.81. The predicted octanol–water partition coefficient (Wildman–Crippen LogP) is 1.27. The van der Waals surface area contributed by atoms with E-state index in [-0.39, 0.29) is 0 Å². The molecule has 1 fully saturated rings. The van der Waals surface area contributed by atoms with E-state index >= 15 is 0 Å². The number of ether oxygens (including phenoxy) is 1. The Labute approximate surface area is 87.4 Å². The Kier molecular flexibility index (Phi) is 6.15. The van der Waals surface area contributed by atoms with E-state index in [0.717, 1.165) is 26.1 Å². The molecule has 0 saturated heterocycles. The zero-order valence-electron chi connectivity index (χ0n) is 9.30. The normalized spacial score (nSPS) is 26.1. The van der Waals surface area contributed by atoms with Crippen LogP contribution >= 0.6 is 0 Å². The number of unbranched alkanes of at least 4 members (excludes halogenated alkanes) is 2. The highest BCUT2D eigenvalue weighted by Gasteiger charge is 2.28. The Morgan fingerprint density at radius 1 is 1.29 bits per heavy atom. The van der Waals surface area contributed by atoms with E-state index in [9.17, 15) is 0 Å². The Morgan fingerprint density at radius 2 is 2.07 bits per heavy atom. The van der Waals surface area contributed by atoms with Gasteiger partial charge in [-0.25, -0.2) is 0 Å². The van der Waals surface area contributed by atoms with Crippen LogP contribution in [0.1, 0.15) is 39.0 Å². The fraction of sp³-hybridized carbons (Fsp3) is 1.00. The third kappa shape index (κ3) is 4.40. The fourth-order valence-corrected chi connectivity index (χ4v) is 1.86. The van der Waals surface area contributed by atoms with Crippen LogP contribution in [0.2, 0.25) is 0 Å². The summed E-state index contributed by atoms with van der Waals surface area (Å²) in [6.07, 6.45) is 6.60. The van der Waals surface area contributed by atoms with Crippen molar-refractivity contribution in [2.45, 2.75) is 51.2 Å².